The maximum Gasteiger partial charge on any atom is 0.123 e. The zero-order chi connectivity index (χ0) is 22.0. The third kappa shape index (κ3) is 4.24. The second kappa shape index (κ2) is 8.95. The number of allylic oxidation sites excluding steroid dienone is 1. The number of hydrogen-bond donors (Lipinski definition) is 0. The van der Waals surface area contributed by atoms with E-state index in [0.717, 1.165) is 56.4 Å². The lowest BCUT2D eigenvalue weighted by molar-refractivity contribution is 0.179. The van der Waals surface area contributed by atoms with Crippen LogP contribution >= 0.6 is 0 Å². The van der Waals surface area contributed by atoms with Gasteiger partial charge in [0.15, 0.2) is 0 Å². The van der Waals surface area contributed by atoms with Gasteiger partial charge < -0.3 is 4.90 Å². The molecular formula is C28H28F2N2. The number of rotatable bonds is 6. The van der Waals surface area contributed by atoms with E-state index in [-0.39, 0.29) is 23.0 Å². The van der Waals surface area contributed by atoms with Crippen LogP contribution < -0.4 is 0 Å². The summed E-state index contributed by atoms with van der Waals surface area (Å²) in [6, 6.07) is 17.6. The smallest absolute Gasteiger partial charge is 0.123 e. The van der Waals surface area contributed by atoms with Crippen LogP contribution in [0.2, 0.25) is 0 Å². The molecule has 0 N–H and O–H groups in total. The molecule has 0 bridgehead atoms. The van der Waals surface area contributed by atoms with Crippen LogP contribution in [0.5, 0.6) is 0 Å². The lowest BCUT2D eigenvalue weighted by atomic mass is 9.77. The van der Waals surface area contributed by atoms with E-state index in [9.17, 15) is 8.78 Å². The normalized spacial score (nSPS) is 17.2. The standard InChI is InChI=1S/C28H28F2N2/c29-24-9-5-21(6-10-24)26(22-7-11-25(30)12-8-22)4-2-18-32-19-15-28(16-20-32)14-13-23-3-1-17-31-27(23)28/h1,3,5-14,17,26H,2,4,15-16,18-20H2. The molecule has 1 aromatic heterocycles. The molecule has 2 nitrogen and oxygen atoms in total. The van der Waals surface area contributed by atoms with Crippen molar-refractivity contribution in [3.05, 3.63) is 107 Å². The van der Waals surface area contributed by atoms with Crippen LogP contribution in [-0.4, -0.2) is 29.5 Å². The van der Waals surface area contributed by atoms with E-state index in [1.54, 1.807) is 0 Å². The van der Waals surface area contributed by atoms with Gasteiger partial charge in [-0.1, -0.05) is 42.5 Å². The summed E-state index contributed by atoms with van der Waals surface area (Å²) in [5.74, 6) is -0.321. The molecular weight excluding hydrogens is 402 g/mol. The molecule has 164 valence electrons. The van der Waals surface area contributed by atoms with Gasteiger partial charge in [0.2, 0.25) is 0 Å². The molecule has 0 amide bonds. The fraction of sp³-hybridized carbons (Fsp3) is 0.321. The highest BCUT2D eigenvalue weighted by molar-refractivity contribution is 5.63. The molecule has 4 heteroatoms. The third-order valence-corrected chi connectivity index (χ3v) is 7.15. The first-order valence-electron chi connectivity index (χ1n) is 11.5. The van der Waals surface area contributed by atoms with Gasteiger partial charge in [-0.2, -0.15) is 0 Å². The second-order valence-electron chi connectivity index (χ2n) is 9.07. The largest absolute Gasteiger partial charge is 0.303 e. The Bertz CT molecular complexity index is 1040. The number of halogens is 2. The molecule has 3 aromatic rings. The molecule has 2 heterocycles. The van der Waals surface area contributed by atoms with Crippen LogP contribution in [0.4, 0.5) is 8.78 Å². The van der Waals surface area contributed by atoms with Gasteiger partial charge in [-0.25, -0.2) is 8.78 Å². The first kappa shape index (κ1) is 21.0. The SMILES string of the molecule is Fc1ccc(C(CCCN2CCC3(C=Cc4cccnc43)CC2)c2ccc(F)cc2)cc1. The molecule has 2 aromatic carbocycles. The molecule has 0 radical (unpaired) electrons. The summed E-state index contributed by atoms with van der Waals surface area (Å²) in [5, 5.41) is 0. The highest BCUT2D eigenvalue weighted by Gasteiger charge is 2.39. The zero-order valence-electron chi connectivity index (χ0n) is 18.2. The molecule has 5 rings (SSSR count). The van der Waals surface area contributed by atoms with Gasteiger partial charge in [0.1, 0.15) is 11.6 Å². The molecule has 0 saturated carbocycles. The highest BCUT2D eigenvalue weighted by atomic mass is 19.1. The number of piperidine rings is 1. The number of benzene rings is 2. The van der Waals surface area contributed by atoms with E-state index in [0.29, 0.717) is 0 Å². The van der Waals surface area contributed by atoms with Crippen molar-refractivity contribution in [1.29, 1.82) is 0 Å². The topological polar surface area (TPSA) is 16.1 Å². The molecule has 1 saturated heterocycles. The monoisotopic (exact) mass is 430 g/mol. The molecule has 1 fully saturated rings. The fourth-order valence-electron chi connectivity index (χ4n) is 5.31. The van der Waals surface area contributed by atoms with Crippen molar-refractivity contribution in [3.63, 3.8) is 0 Å². The van der Waals surface area contributed by atoms with Gasteiger partial charge in [0.05, 0.1) is 5.69 Å². The number of pyridine rings is 1. The second-order valence-corrected chi connectivity index (χ2v) is 9.07. The van der Waals surface area contributed by atoms with Crippen LogP contribution in [0.3, 0.4) is 0 Å². The van der Waals surface area contributed by atoms with Gasteiger partial charge in [-0.05, 0) is 92.3 Å². The van der Waals surface area contributed by atoms with Crippen molar-refractivity contribution in [2.24, 2.45) is 0 Å². The maximum absolute atomic E-state index is 13.5. The molecule has 32 heavy (non-hydrogen) atoms. The number of aromatic nitrogens is 1. The van der Waals surface area contributed by atoms with E-state index in [2.05, 4.69) is 23.1 Å². The van der Waals surface area contributed by atoms with Gasteiger partial charge in [0.25, 0.3) is 0 Å². The van der Waals surface area contributed by atoms with Gasteiger partial charge in [-0.15, -0.1) is 0 Å². The Morgan fingerprint density at radius 3 is 2.12 bits per heavy atom. The van der Waals surface area contributed by atoms with Crippen molar-refractivity contribution >= 4 is 6.08 Å². The molecule has 2 aliphatic rings. The van der Waals surface area contributed by atoms with E-state index >= 15 is 0 Å². The predicted octanol–water partition coefficient (Wildman–Crippen LogP) is 6.33. The Balaban J connectivity index is 1.21. The summed E-state index contributed by atoms with van der Waals surface area (Å²) in [5.41, 5.74) is 4.77. The maximum atomic E-state index is 13.5. The average Bonchev–Trinajstić information content (AvgIpc) is 3.18. The summed E-state index contributed by atoms with van der Waals surface area (Å²) in [7, 11) is 0. The number of fused-ring (bicyclic) bond motifs is 2. The van der Waals surface area contributed by atoms with Crippen LogP contribution in [0.15, 0.2) is 72.9 Å². The number of nitrogens with zero attached hydrogens (tertiary/aromatic N) is 2. The van der Waals surface area contributed by atoms with Crippen molar-refractivity contribution in [2.45, 2.75) is 37.0 Å². The Labute approximate surface area is 188 Å². The van der Waals surface area contributed by atoms with Crippen LogP contribution in [0, 0.1) is 11.6 Å². The molecule has 1 spiro atoms. The summed E-state index contributed by atoms with van der Waals surface area (Å²) in [6.45, 7) is 3.17. The summed E-state index contributed by atoms with van der Waals surface area (Å²) >= 11 is 0. The van der Waals surface area contributed by atoms with E-state index in [1.807, 2.05) is 36.5 Å². The minimum Gasteiger partial charge on any atom is -0.303 e. The minimum atomic E-state index is -0.231. The number of hydrogen-bond acceptors (Lipinski definition) is 2. The van der Waals surface area contributed by atoms with Crippen molar-refractivity contribution < 1.29 is 8.78 Å². The lowest BCUT2D eigenvalue weighted by Crippen LogP contribution is -2.41. The summed E-state index contributed by atoms with van der Waals surface area (Å²) in [6.07, 6.45) is 10.7. The molecule has 1 aliphatic heterocycles. The first-order valence-corrected chi connectivity index (χ1v) is 11.5. The Morgan fingerprint density at radius 1 is 0.875 bits per heavy atom. The third-order valence-electron chi connectivity index (χ3n) is 7.15. The fourth-order valence-corrected chi connectivity index (χ4v) is 5.31. The zero-order valence-corrected chi connectivity index (χ0v) is 18.2. The van der Waals surface area contributed by atoms with Crippen LogP contribution in [-0.2, 0) is 5.41 Å². The van der Waals surface area contributed by atoms with Crippen LogP contribution in [0.25, 0.3) is 6.08 Å². The van der Waals surface area contributed by atoms with E-state index < -0.39 is 0 Å². The van der Waals surface area contributed by atoms with Gasteiger partial charge in [0, 0.05) is 17.5 Å². The van der Waals surface area contributed by atoms with Crippen molar-refractivity contribution in [3.8, 4) is 0 Å². The lowest BCUT2D eigenvalue weighted by Gasteiger charge is -2.38. The van der Waals surface area contributed by atoms with Gasteiger partial charge >= 0.3 is 0 Å². The van der Waals surface area contributed by atoms with Crippen molar-refractivity contribution in [1.82, 2.24) is 9.88 Å². The number of likely N-dealkylation sites (tertiary alicyclic amines) is 1. The quantitative estimate of drug-likeness (QED) is 0.454. The Hall–Kier alpha value is -2.85. The molecule has 1 aliphatic carbocycles. The van der Waals surface area contributed by atoms with E-state index in [1.165, 1.54) is 35.5 Å². The molecule has 0 unspecified atom stereocenters. The summed E-state index contributed by atoms with van der Waals surface area (Å²) in [4.78, 5) is 7.24. The van der Waals surface area contributed by atoms with Crippen molar-refractivity contribution in [2.75, 3.05) is 19.6 Å². The van der Waals surface area contributed by atoms with E-state index in [4.69, 9.17) is 4.98 Å². The summed E-state index contributed by atoms with van der Waals surface area (Å²) < 4.78 is 26.9. The Morgan fingerprint density at radius 2 is 1.50 bits per heavy atom. The first-order chi connectivity index (χ1) is 15.6. The van der Waals surface area contributed by atoms with Crippen LogP contribution in [0.1, 0.15) is 54.0 Å². The highest BCUT2D eigenvalue weighted by Crippen LogP contribution is 2.42. The average molecular weight is 431 g/mol. The van der Waals surface area contributed by atoms with Gasteiger partial charge in [-0.3, -0.25) is 4.98 Å². The molecule has 0 atom stereocenters. The Kier molecular flexibility index (Phi) is 5.88. The minimum absolute atomic E-state index is 0.109. The predicted molar refractivity (Wildman–Crippen MR) is 125 cm³/mol.